The molecule has 0 radical (unpaired) electrons. The molecular formula is C19H22FNO4. The van der Waals surface area contributed by atoms with Gasteiger partial charge in [-0.15, -0.1) is 0 Å². The molecule has 0 aromatic heterocycles. The number of nitrogens with zero attached hydrogens (tertiary/aromatic N) is 1. The number of para-hydroxylation sites is 3. The largest absolute Gasteiger partial charge is 0.488 e. The summed E-state index contributed by atoms with van der Waals surface area (Å²) >= 11 is 0. The Morgan fingerprint density at radius 1 is 1.20 bits per heavy atom. The molecule has 1 heterocycles. The molecule has 2 aromatic rings. The molecule has 0 fully saturated rings. The van der Waals surface area contributed by atoms with Crippen LogP contribution in [0.4, 0.5) is 4.39 Å². The molecule has 5 nitrogen and oxygen atoms in total. The highest BCUT2D eigenvalue weighted by Gasteiger charge is 2.22. The zero-order valence-electron chi connectivity index (χ0n) is 14.1. The Bertz CT molecular complexity index is 697. The molecule has 6 heteroatoms. The summed E-state index contributed by atoms with van der Waals surface area (Å²) in [6.45, 7) is 1.47. The van der Waals surface area contributed by atoms with Gasteiger partial charge in [0.1, 0.15) is 25.4 Å². The number of ether oxygens (including phenoxy) is 3. The summed E-state index contributed by atoms with van der Waals surface area (Å²) in [4.78, 5) is 1.94. The number of fused-ring (bicyclic) bond motifs is 1. The van der Waals surface area contributed by atoms with Crippen molar-refractivity contribution < 1.29 is 23.7 Å². The van der Waals surface area contributed by atoms with Crippen LogP contribution in [0.25, 0.3) is 0 Å². The van der Waals surface area contributed by atoms with Gasteiger partial charge >= 0.3 is 0 Å². The molecule has 1 aliphatic heterocycles. The van der Waals surface area contributed by atoms with Gasteiger partial charge in [-0.2, -0.15) is 0 Å². The standard InChI is InChI=1S/C19H22FNO4/c1-21(10-14(22)12-23-17-7-3-2-6-16(17)20)11-15-13-24-18-8-4-5-9-19(18)25-15/h2-9,14-15,22H,10-13H2,1H3. The lowest BCUT2D eigenvalue weighted by atomic mass is 10.2. The summed E-state index contributed by atoms with van der Waals surface area (Å²) in [7, 11) is 1.89. The van der Waals surface area contributed by atoms with E-state index in [1.165, 1.54) is 12.1 Å². The average Bonchev–Trinajstić information content (AvgIpc) is 2.61. The fraction of sp³-hybridized carbons (Fsp3) is 0.368. The Kier molecular flexibility index (Phi) is 5.73. The molecule has 1 N–H and O–H groups in total. The number of halogens is 1. The van der Waals surface area contributed by atoms with Crippen LogP contribution in [-0.2, 0) is 0 Å². The van der Waals surface area contributed by atoms with Gasteiger partial charge in [-0.05, 0) is 31.3 Å². The van der Waals surface area contributed by atoms with Gasteiger partial charge in [-0.1, -0.05) is 24.3 Å². The van der Waals surface area contributed by atoms with Crippen molar-refractivity contribution in [2.75, 3.05) is 33.4 Å². The number of benzene rings is 2. The van der Waals surface area contributed by atoms with Crippen LogP contribution < -0.4 is 14.2 Å². The number of aliphatic hydroxyl groups is 1. The highest BCUT2D eigenvalue weighted by Crippen LogP contribution is 2.30. The van der Waals surface area contributed by atoms with Crippen molar-refractivity contribution in [3.63, 3.8) is 0 Å². The fourth-order valence-electron chi connectivity index (χ4n) is 2.74. The third-order valence-corrected chi connectivity index (χ3v) is 3.87. The maximum atomic E-state index is 13.5. The Morgan fingerprint density at radius 2 is 1.92 bits per heavy atom. The van der Waals surface area contributed by atoms with E-state index in [-0.39, 0.29) is 18.5 Å². The van der Waals surface area contributed by atoms with Crippen LogP contribution in [0, 0.1) is 5.82 Å². The molecule has 0 bridgehead atoms. The second kappa shape index (κ2) is 8.18. The minimum atomic E-state index is -0.735. The van der Waals surface area contributed by atoms with E-state index in [0.29, 0.717) is 19.7 Å². The molecule has 2 atom stereocenters. The molecule has 2 aromatic carbocycles. The number of hydrogen-bond donors (Lipinski definition) is 1. The van der Waals surface area contributed by atoms with E-state index < -0.39 is 11.9 Å². The van der Waals surface area contributed by atoms with E-state index in [1.807, 2.05) is 36.2 Å². The molecule has 25 heavy (non-hydrogen) atoms. The normalized spacial score (nSPS) is 17.4. The molecule has 0 saturated carbocycles. The van der Waals surface area contributed by atoms with E-state index >= 15 is 0 Å². The first-order chi connectivity index (χ1) is 12.1. The molecule has 0 spiro atoms. The Labute approximate surface area is 146 Å². The van der Waals surface area contributed by atoms with Crippen molar-refractivity contribution in [3.8, 4) is 17.2 Å². The maximum absolute atomic E-state index is 13.5. The summed E-state index contributed by atoms with van der Waals surface area (Å²) in [6, 6.07) is 13.7. The van der Waals surface area contributed by atoms with Crippen LogP contribution in [0.2, 0.25) is 0 Å². The van der Waals surface area contributed by atoms with Crippen LogP contribution in [0.15, 0.2) is 48.5 Å². The van der Waals surface area contributed by atoms with Crippen molar-refractivity contribution in [2.24, 2.45) is 0 Å². The topological polar surface area (TPSA) is 51.2 Å². The van der Waals surface area contributed by atoms with Gasteiger partial charge in [0.15, 0.2) is 23.1 Å². The summed E-state index contributed by atoms with van der Waals surface area (Å²) in [5.41, 5.74) is 0. The van der Waals surface area contributed by atoms with Crippen LogP contribution in [0.1, 0.15) is 0 Å². The van der Waals surface area contributed by atoms with E-state index in [0.717, 1.165) is 11.5 Å². The van der Waals surface area contributed by atoms with Crippen molar-refractivity contribution in [1.29, 1.82) is 0 Å². The quantitative estimate of drug-likeness (QED) is 0.833. The molecular weight excluding hydrogens is 325 g/mol. The number of aliphatic hydroxyl groups excluding tert-OH is 1. The monoisotopic (exact) mass is 347 g/mol. The summed E-state index contributed by atoms with van der Waals surface area (Å²) < 4.78 is 30.4. The Hall–Kier alpha value is -2.31. The molecule has 1 aliphatic rings. The minimum absolute atomic E-state index is 0.0239. The van der Waals surface area contributed by atoms with Gasteiger partial charge in [-0.3, -0.25) is 4.90 Å². The smallest absolute Gasteiger partial charge is 0.165 e. The molecule has 3 rings (SSSR count). The predicted octanol–water partition coefficient (Wildman–Crippen LogP) is 2.34. The molecule has 0 saturated heterocycles. The first kappa shape index (κ1) is 17.5. The fourth-order valence-corrected chi connectivity index (χ4v) is 2.74. The van der Waals surface area contributed by atoms with E-state index in [2.05, 4.69) is 0 Å². The molecule has 0 amide bonds. The van der Waals surface area contributed by atoms with Crippen molar-refractivity contribution >= 4 is 0 Å². The van der Waals surface area contributed by atoms with Gasteiger partial charge in [0.25, 0.3) is 0 Å². The second-order valence-electron chi connectivity index (χ2n) is 6.11. The van der Waals surface area contributed by atoms with Crippen LogP contribution in [0.3, 0.4) is 0 Å². The van der Waals surface area contributed by atoms with Crippen LogP contribution in [-0.4, -0.2) is 55.6 Å². The second-order valence-corrected chi connectivity index (χ2v) is 6.11. The maximum Gasteiger partial charge on any atom is 0.165 e. The van der Waals surface area contributed by atoms with Gasteiger partial charge in [0.05, 0.1) is 0 Å². The minimum Gasteiger partial charge on any atom is -0.488 e. The lowest BCUT2D eigenvalue weighted by Crippen LogP contribution is -2.42. The Morgan fingerprint density at radius 3 is 2.72 bits per heavy atom. The number of hydrogen-bond acceptors (Lipinski definition) is 5. The molecule has 2 unspecified atom stereocenters. The van der Waals surface area contributed by atoms with Crippen molar-refractivity contribution in [2.45, 2.75) is 12.2 Å². The van der Waals surface area contributed by atoms with E-state index in [1.54, 1.807) is 12.1 Å². The van der Waals surface area contributed by atoms with Gasteiger partial charge in [0.2, 0.25) is 0 Å². The summed E-state index contributed by atoms with van der Waals surface area (Å²) in [5, 5.41) is 10.1. The lowest BCUT2D eigenvalue weighted by Gasteiger charge is -2.30. The summed E-state index contributed by atoms with van der Waals surface area (Å²) in [5.74, 6) is 1.19. The van der Waals surface area contributed by atoms with Gasteiger partial charge in [0, 0.05) is 13.1 Å². The average molecular weight is 347 g/mol. The number of rotatable bonds is 7. The van der Waals surface area contributed by atoms with E-state index in [4.69, 9.17) is 14.2 Å². The zero-order chi connectivity index (χ0) is 17.6. The summed E-state index contributed by atoms with van der Waals surface area (Å²) in [6.07, 6.45) is -0.846. The molecule has 134 valence electrons. The first-order valence-electron chi connectivity index (χ1n) is 8.24. The zero-order valence-corrected chi connectivity index (χ0v) is 14.1. The lowest BCUT2D eigenvalue weighted by molar-refractivity contribution is 0.0369. The third-order valence-electron chi connectivity index (χ3n) is 3.87. The SMILES string of the molecule is CN(CC(O)COc1ccccc1F)CC1COc2ccccc2O1. The van der Waals surface area contributed by atoms with Crippen LogP contribution in [0.5, 0.6) is 17.2 Å². The third kappa shape index (κ3) is 4.84. The van der Waals surface area contributed by atoms with Gasteiger partial charge < -0.3 is 19.3 Å². The van der Waals surface area contributed by atoms with Crippen LogP contribution >= 0.6 is 0 Å². The number of likely N-dealkylation sites (N-methyl/N-ethyl adjacent to an activating group) is 1. The highest BCUT2D eigenvalue weighted by molar-refractivity contribution is 5.40. The highest BCUT2D eigenvalue weighted by atomic mass is 19.1. The van der Waals surface area contributed by atoms with Crippen molar-refractivity contribution in [3.05, 3.63) is 54.3 Å². The van der Waals surface area contributed by atoms with Gasteiger partial charge in [-0.25, -0.2) is 4.39 Å². The molecule has 0 aliphatic carbocycles. The first-order valence-corrected chi connectivity index (χ1v) is 8.24. The van der Waals surface area contributed by atoms with E-state index in [9.17, 15) is 9.50 Å². The predicted molar refractivity (Wildman–Crippen MR) is 91.8 cm³/mol. The van der Waals surface area contributed by atoms with Crippen molar-refractivity contribution in [1.82, 2.24) is 4.90 Å². The Balaban J connectivity index is 1.43.